The van der Waals surface area contributed by atoms with E-state index in [1.54, 1.807) is 0 Å². The highest BCUT2D eigenvalue weighted by Crippen LogP contribution is 2.28. The van der Waals surface area contributed by atoms with Crippen molar-refractivity contribution in [1.82, 2.24) is 15.1 Å². The molecule has 0 aromatic heterocycles. The molecule has 0 spiro atoms. The van der Waals surface area contributed by atoms with Gasteiger partial charge in [-0.05, 0) is 45.2 Å². The number of nitrogens with one attached hydrogen (secondary N) is 1. The quantitative estimate of drug-likeness (QED) is 0.809. The van der Waals surface area contributed by atoms with Crippen LogP contribution in [0.3, 0.4) is 0 Å². The Kier molecular flexibility index (Phi) is 5.01. The number of carbonyl (C=O) groups is 1. The van der Waals surface area contributed by atoms with Gasteiger partial charge in [-0.2, -0.15) is 0 Å². The van der Waals surface area contributed by atoms with Gasteiger partial charge in [0, 0.05) is 25.7 Å². The first-order chi connectivity index (χ1) is 8.70. The lowest BCUT2D eigenvalue weighted by molar-refractivity contribution is -0.135. The molecule has 0 aromatic carbocycles. The van der Waals surface area contributed by atoms with E-state index in [0.717, 1.165) is 25.6 Å². The molecule has 1 N–H and O–H groups in total. The molecule has 0 unspecified atom stereocenters. The molecule has 104 valence electrons. The largest absolute Gasteiger partial charge is 0.337 e. The van der Waals surface area contributed by atoms with Crippen LogP contribution in [-0.4, -0.2) is 61.5 Å². The lowest BCUT2D eigenvalue weighted by atomic mass is 9.84. The van der Waals surface area contributed by atoms with Crippen LogP contribution in [-0.2, 0) is 4.79 Å². The number of nitrogens with zero attached hydrogens (tertiary/aromatic N) is 2. The van der Waals surface area contributed by atoms with Gasteiger partial charge < -0.3 is 15.1 Å². The maximum Gasteiger partial charge on any atom is 0.236 e. The van der Waals surface area contributed by atoms with E-state index in [4.69, 9.17) is 0 Å². The number of amides is 1. The van der Waals surface area contributed by atoms with Crippen LogP contribution in [0.2, 0.25) is 0 Å². The van der Waals surface area contributed by atoms with Crippen molar-refractivity contribution in [3.63, 3.8) is 0 Å². The van der Waals surface area contributed by atoms with Gasteiger partial charge in [0.15, 0.2) is 0 Å². The van der Waals surface area contributed by atoms with Gasteiger partial charge >= 0.3 is 0 Å². The van der Waals surface area contributed by atoms with Gasteiger partial charge in [-0.15, -0.1) is 0 Å². The molecule has 1 amide bonds. The molecule has 0 radical (unpaired) electrons. The minimum Gasteiger partial charge on any atom is -0.337 e. The summed E-state index contributed by atoms with van der Waals surface area (Å²) in [6.45, 7) is 6.98. The number of hydrogen-bond donors (Lipinski definition) is 1. The molecule has 1 saturated carbocycles. The highest BCUT2D eigenvalue weighted by Gasteiger charge is 2.30. The lowest BCUT2D eigenvalue weighted by Crippen LogP contribution is -2.53. The van der Waals surface area contributed by atoms with Crippen molar-refractivity contribution in [1.29, 1.82) is 0 Å². The zero-order valence-corrected chi connectivity index (χ0v) is 11.8. The van der Waals surface area contributed by atoms with E-state index in [1.165, 1.54) is 32.2 Å². The van der Waals surface area contributed by atoms with E-state index in [0.29, 0.717) is 18.5 Å². The summed E-state index contributed by atoms with van der Waals surface area (Å²) in [5, 5.41) is 3.15. The molecule has 1 heterocycles. The van der Waals surface area contributed by atoms with Crippen LogP contribution in [0, 0.1) is 5.92 Å². The van der Waals surface area contributed by atoms with Crippen LogP contribution >= 0.6 is 0 Å². The molecular weight excluding hydrogens is 226 g/mol. The zero-order chi connectivity index (χ0) is 13.0. The van der Waals surface area contributed by atoms with Crippen molar-refractivity contribution in [3.8, 4) is 0 Å². The van der Waals surface area contributed by atoms with E-state index in [9.17, 15) is 4.79 Å². The minimum absolute atomic E-state index is 0.301. The Morgan fingerprint density at radius 3 is 2.67 bits per heavy atom. The number of hydrogen-bond acceptors (Lipinski definition) is 3. The Labute approximate surface area is 111 Å². The van der Waals surface area contributed by atoms with Crippen LogP contribution < -0.4 is 5.32 Å². The Balaban J connectivity index is 1.77. The number of carbonyl (C=O) groups excluding carboxylic acids is 1. The highest BCUT2D eigenvalue weighted by atomic mass is 16.2. The number of piperazine rings is 1. The van der Waals surface area contributed by atoms with Crippen molar-refractivity contribution in [3.05, 3.63) is 0 Å². The summed E-state index contributed by atoms with van der Waals surface area (Å²) in [7, 11) is 2.20. The van der Waals surface area contributed by atoms with E-state index in [1.807, 2.05) is 0 Å². The fourth-order valence-electron chi connectivity index (χ4n) is 3.22. The summed E-state index contributed by atoms with van der Waals surface area (Å²) in [4.78, 5) is 16.4. The van der Waals surface area contributed by atoms with Gasteiger partial charge in [0.05, 0.1) is 6.54 Å². The lowest BCUT2D eigenvalue weighted by Gasteiger charge is -2.39. The average molecular weight is 253 g/mol. The van der Waals surface area contributed by atoms with Gasteiger partial charge in [0.2, 0.25) is 5.91 Å². The first-order valence-corrected chi connectivity index (χ1v) is 7.39. The molecular formula is C14H27N3O. The van der Waals surface area contributed by atoms with E-state index in [2.05, 4.69) is 29.1 Å². The van der Waals surface area contributed by atoms with Crippen molar-refractivity contribution in [2.24, 2.45) is 5.92 Å². The van der Waals surface area contributed by atoms with Crippen molar-refractivity contribution in [2.75, 3.05) is 39.8 Å². The van der Waals surface area contributed by atoms with Crippen molar-refractivity contribution < 1.29 is 4.79 Å². The third-order valence-corrected chi connectivity index (χ3v) is 4.49. The van der Waals surface area contributed by atoms with Gasteiger partial charge in [0.1, 0.15) is 0 Å². The minimum atomic E-state index is 0.301. The van der Waals surface area contributed by atoms with Gasteiger partial charge in [0.25, 0.3) is 0 Å². The van der Waals surface area contributed by atoms with Crippen LogP contribution in [0.4, 0.5) is 0 Å². The van der Waals surface area contributed by atoms with Gasteiger partial charge in [-0.25, -0.2) is 0 Å². The fraction of sp³-hybridized carbons (Fsp3) is 0.929. The van der Waals surface area contributed by atoms with E-state index < -0.39 is 0 Å². The average Bonchev–Trinajstić information content (AvgIpc) is 2.40. The summed E-state index contributed by atoms with van der Waals surface area (Å²) in [6.07, 6.45) is 4.97. The van der Waals surface area contributed by atoms with Gasteiger partial charge in [-0.3, -0.25) is 4.79 Å². The fourth-order valence-corrected chi connectivity index (χ4v) is 3.22. The Morgan fingerprint density at radius 2 is 2.06 bits per heavy atom. The maximum atomic E-state index is 11.9. The Bertz CT molecular complexity index is 274. The first kappa shape index (κ1) is 13.8. The normalized spacial score (nSPS) is 29.9. The molecule has 1 saturated heterocycles. The molecule has 2 fully saturated rings. The molecule has 0 bridgehead atoms. The predicted octanol–water partition coefficient (Wildman–Crippen LogP) is 0.929. The summed E-state index contributed by atoms with van der Waals surface area (Å²) >= 11 is 0. The third kappa shape index (κ3) is 3.45. The zero-order valence-electron chi connectivity index (χ0n) is 11.8. The molecule has 2 aliphatic rings. The van der Waals surface area contributed by atoms with Gasteiger partial charge in [-0.1, -0.05) is 6.92 Å². The standard InChI is InChI=1S/C14H27N3O/c1-3-16(2)11-12-4-6-13(7-5-12)17-9-8-15-10-14(17)18/h12-13,15H,3-11H2,1-2H3. The van der Waals surface area contributed by atoms with Crippen LogP contribution in [0.5, 0.6) is 0 Å². The smallest absolute Gasteiger partial charge is 0.236 e. The predicted molar refractivity (Wildman–Crippen MR) is 73.5 cm³/mol. The molecule has 0 aromatic rings. The molecule has 1 aliphatic carbocycles. The Morgan fingerprint density at radius 1 is 1.33 bits per heavy atom. The van der Waals surface area contributed by atoms with E-state index in [-0.39, 0.29) is 0 Å². The summed E-state index contributed by atoms with van der Waals surface area (Å²) in [5.41, 5.74) is 0. The summed E-state index contributed by atoms with van der Waals surface area (Å²) in [6, 6.07) is 0.516. The summed E-state index contributed by atoms with van der Waals surface area (Å²) in [5.74, 6) is 1.14. The second kappa shape index (κ2) is 6.53. The van der Waals surface area contributed by atoms with Crippen molar-refractivity contribution in [2.45, 2.75) is 38.6 Å². The molecule has 1 aliphatic heterocycles. The highest BCUT2D eigenvalue weighted by molar-refractivity contribution is 5.79. The maximum absolute atomic E-state index is 11.9. The second-order valence-corrected chi connectivity index (χ2v) is 5.79. The van der Waals surface area contributed by atoms with Crippen LogP contribution in [0.15, 0.2) is 0 Å². The third-order valence-electron chi connectivity index (χ3n) is 4.49. The molecule has 4 heteroatoms. The molecule has 18 heavy (non-hydrogen) atoms. The molecule has 2 rings (SSSR count). The molecule has 0 atom stereocenters. The van der Waals surface area contributed by atoms with E-state index >= 15 is 0 Å². The number of rotatable bonds is 4. The van der Waals surface area contributed by atoms with Crippen molar-refractivity contribution >= 4 is 5.91 Å². The van der Waals surface area contributed by atoms with Crippen LogP contribution in [0.25, 0.3) is 0 Å². The second-order valence-electron chi connectivity index (χ2n) is 5.79. The summed E-state index contributed by atoms with van der Waals surface area (Å²) < 4.78 is 0. The first-order valence-electron chi connectivity index (χ1n) is 7.39. The Hall–Kier alpha value is -0.610. The topological polar surface area (TPSA) is 35.6 Å². The SMILES string of the molecule is CCN(C)CC1CCC(N2CCNCC2=O)CC1. The van der Waals surface area contributed by atoms with Crippen LogP contribution in [0.1, 0.15) is 32.6 Å². The monoisotopic (exact) mass is 253 g/mol. The molecule has 4 nitrogen and oxygen atoms in total.